The van der Waals surface area contributed by atoms with Crippen molar-refractivity contribution in [2.24, 2.45) is 0 Å². The van der Waals surface area contributed by atoms with E-state index in [9.17, 15) is 23.4 Å². The zero-order chi connectivity index (χ0) is 17.6. The number of aromatic amines is 1. The Kier molecular flexibility index (Phi) is 4.05. The Hall–Kier alpha value is -2.06. The standard InChI is InChI=1S/C11H16N6O6S/c1-24(21,22)14-2-4-6(18)7(19)10(23-4)17-3-13-5-8(17)15-11(12)16-9(5)20/h3-4,6-7,10,14,18-19H,2H2,1H3,(H3,12,15,16,20)/t4-,6-,7-,10-/m1/s1. The predicted molar refractivity (Wildman–Crippen MR) is 81.3 cm³/mol. The third kappa shape index (κ3) is 2.99. The van der Waals surface area contributed by atoms with Crippen LogP contribution in [-0.4, -0.2) is 69.3 Å². The number of hydrogen-bond acceptors (Lipinski definition) is 9. The molecule has 2 aromatic rings. The molecule has 0 amide bonds. The number of anilines is 1. The molecule has 0 unspecified atom stereocenters. The van der Waals surface area contributed by atoms with E-state index < -0.39 is 40.1 Å². The number of nitrogens with one attached hydrogen (secondary N) is 2. The van der Waals surface area contributed by atoms with Crippen molar-refractivity contribution in [1.29, 1.82) is 0 Å². The molecule has 24 heavy (non-hydrogen) atoms. The van der Waals surface area contributed by atoms with Crippen molar-refractivity contribution >= 4 is 27.1 Å². The molecule has 2 aromatic heterocycles. The van der Waals surface area contributed by atoms with Gasteiger partial charge in [-0.1, -0.05) is 0 Å². The van der Waals surface area contributed by atoms with Gasteiger partial charge in [-0.2, -0.15) is 4.98 Å². The van der Waals surface area contributed by atoms with E-state index in [1.165, 1.54) is 10.9 Å². The monoisotopic (exact) mass is 360 g/mol. The number of hydrogen-bond donors (Lipinski definition) is 5. The van der Waals surface area contributed by atoms with Gasteiger partial charge in [-0.15, -0.1) is 0 Å². The Morgan fingerprint density at radius 3 is 2.83 bits per heavy atom. The summed E-state index contributed by atoms with van der Waals surface area (Å²) in [6, 6.07) is 0. The third-order valence-electron chi connectivity index (χ3n) is 3.61. The number of rotatable bonds is 4. The lowest BCUT2D eigenvalue weighted by Gasteiger charge is -2.16. The SMILES string of the molecule is CS(=O)(=O)NC[C@H]1O[C@@H](n2cnc3c(=O)[nH]c(N)nc32)[C@H](O)[C@@H]1O. The van der Waals surface area contributed by atoms with Gasteiger partial charge in [0.1, 0.15) is 18.3 Å². The second-order valence-corrected chi connectivity index (χ2v) is 7.28. The lowest BCUT2D eigenvalue weighted by Crippen LogP contribution is -2.39. The van der Waals surface area contributed by atoms with Crippen LogP contribution in [0.2, 0.25) is 0 Å². The first kappa shape index (κ1) is 16.8. The molecule has 3 heterocycles. The van der Waals surface area contributed by atoms with E-state index in [0.717, 1.165) is 6.26 Å². The molecule has 132 valence electrons. The van der Waals surface area contributed by atoms with Gasteiger partial charge in [0.2, 0.25) is 16.0 Å². The van der Waals surface area contributed by atoms with Gasteiger partial charge in [0.05, 0.1) is 12.6 Å². The molecular formula is C11H16N6O6S. The molecule has 0 spiro atoms. The second-order valence-electron chi connectivity index (χ2n) is 5.44. The normalized spacial score (nSPS) is 27.8. The van der Waals surface area contributed by atoms with Crippen molar-refractivity contribution in [3.8, 4) is 0 Å². The van der Waals surface area contributed by atoms with Gasteiger partial charge in [0.15, 0.2) is 17.4 Å². The molecule has 0 aliphatic carbocycles. The van der Waals surface area contributed by atoms with Crippen molar-refractivity contribution in [2.75, 3.05) is 18.5 Å². The topological polar surface area (TPSA) is 185 Å². The predicted octanol–water partition coefficient (Wildman–Crippen LogP) is -3.13. The molecule has 1 fully saturated rings. The Labute approximate surface area is 135 Å². The van der Waals surface area contributed by atoms with E-state index in [1.54, 1.807) is 0 Å². The number of sulfonamides is 1. The maximum atomic E-state index is 11.8. The largest absolute Gasteiger partial charge is 0.387 e. The molecule has 3 rings (SSSR count). The average molecular weight is 360 g/mol. The van der Waals surface area contributed by atoms with Crippen LogP contribution in [0.1, 0.15) is 6.23 Å². The molecule has 0 saturated carbocycles. The van der Waals surface area contributed by atoms with Crippen LogP contribution in [0.15, 0.2) is 11.1 Å². The third-order valence-corrected chi connectivity index (χ3v) is 4.30. The van der Waals surface area contributed by atoms with Crippen molar-refractivity contribution in [3.05, 3.63) is 16.7 Å². The summed E-state index contributed by atoms with van der Waals surface area (Å²) in [4.78, 5) is 21.9. The van der Waals surface area contributed by atoms with Gasteiger partial charge < -0.3 is 20.7 Å². The zero-order valence-corrected chi connectivity index (χ0v) is 13.3. The van der Waals surface area contributed by atoms with Crippen molar-refractivity contribution in [2.45, 2.75) is 24.5 Å². The summed E-state index contributed by atoms with van der Waals surface area (Å²) in [6.07, 6.45) is -2.64. The fourth-order valence-electron chi connectivity index (χ4n) is 2.49. The molecule has 12 nitrogen and oxygen atoms in total. The average Bonchev–Trinajstić information content (AvgIpc) is 3.00. The van der Waals surface area contributed by atoms with E-state index in [-0.39, 0.29) is 23.7 Å². The van der Waals surface area contributed by atoms with Gasteiger partial charge in [-0.3, -0.25) is 14.3 Å². The highest BCUT2D eigenvalue weighted by atomic mass is 32.2. The number of ether oxygens (including phenoxy) is 1. The summed E-state index contributed by atoms with van der Waals surface area (Å²) in [6.45, 7) is -0.226. The summed E-state index contributed by atoms with van der Waals surface area (Å²) >= 11 is 0. The van der Waals surface area contributed by atoms with Crippen LogP contribution < -0.4 is 16.0 Å². The Morgan fingerprint density at radius 1 is 1.46 bits per heavy atom. The Bertz CT molecular complexity index is 923. The number of imidazole rings is 1. The molecule has 6 N–H and O–H groups in total. The van der Waals surface area contributed by atoms with Crippen LogP contribution in [0.4, 0.5) is 5.95 Å². The number of aliphatic hydroxyl groups is 2. The summed E-state index contributed by atoms with van der Waals surface area (Å²) < 4.78 is 31.3. The lowest BCUT2D eigenvalue weighted by molar-refractivity contribution is -0.0329. The number of nitrogen functional groups attached to an aromatic ring is 1. The number of fused-ring (bicyclic) bond motifs is 1. The summed E-state index contributed by atoms with van der Waals surface area (Å²) in [5.74, 6) is -0.141. The van der Waals surface area contributed by atoms with Crippen molar-refractivity contribution in [3.63, 3.8) is 0 Å². The van der Waals surface area contributed by atoms with Gasteiger partial charge in [-0.05, 0) is 0 Å². The van der Waals surface area contributed by atoms with Crippen LogP contribution in [0.3, 0.4) is 0 Å². The number of H-pyrrole nitrogens is 1. The second kappa shape index (κ2) is 5.78. The highest BCUT2D eigenvalue weighted by Gasteiger charge is 2.44. The maximum Gasteiger partial charge on any atom is 0.280 e. The van der Waals surface area contributed by atoms with Gasteiger partial charge in [-0.25, -0.2) is 18.1 Å². The minimum absolute atomic E-state index is 0.00722. The molecule has 1 aliphatic rings. The van der Waals surface area contributed by atoms with Crippen molar-refractivity contribution < 1.29 is 23.4 Å². The smallest absolute Gasteiger partial charge is 0.280 e. The quantitative estimate of drug-likeness (QED) is 0.376. The first-order valence-corrected chi connectivity index (χ1v) is 8.75. The molecular weight excluding hydrogens is 344 g/mol. The maximum absolute atomic E-state index is 11.8. The highest BCUT2D eigenvalue weighted by molar-refractivity contribution is 7.88. The zero-order valence-electron chi connectivity index (χ0n) is 12.4. The van der Waals surface area contributed by atoms with E-state index in [1.807, 2.05) is 0 Å². The van der Waals surface area contributed by atoms with Gasteiger partial charge in [0.25, 0.3) is 5.56 Å². The molecule has 0 aromatic carbocycles. The van der Waals surface area contributed by atoms with E-state index in [2.05, 4.69) is 19.7 Å². The number of nitrogens with zero attached hydrogens (tertiary/aromatic N) is 3. The Morgan fingerprint density at radius 2 is 2.17 bits per heavy atom. The molecule has 1 aliphatic heterocycles. The first-order valence-electron chi connectivity index (χ1n) is 6.86. The van der Waals surface area contributed by atoms with Gasteiger partial charge in [0, 0.05) is 6.54 Å². The summed E-state index contributed by atoms with van der Waals surface area (Å²) in [7, 11) is -3.49. The van der Waals surface area contributed by atoms with E-state index >= 15 is 0 Å². The minimum atomic E-state index is -3.49. The summed E-state index contributed by atoms with van der Waals surface area (Å²) in [5.41, 5.74) is 5.01. The number of aliphatic hydroxyl groups excluding tert-OH is 2. The lowest BCUT2D eigenvalue weighted by atomic mass is 10.1. The molecule has 13 heteroatoms. The fraction of sp³-hybridized carbons (Fsp3) is 0.545. The van der Waals surface area contributed by atoms with Crippen LogP contribution in [-0.2, 0) is 14.8 Å². The molecule has 4 atom stereocenters. The highest BCUT2D eigenvalue weighted by Crippen LogP contribution is 2.30. The van der Waals surface area contributed by atoms with E-state index in [0.29, 0.717) is 0 Å². The minimum Gasteiger partial charge on any atom is -0.387 e. The molecule has 0 bridgehead atoms. The molecule has 1 saturated heterocycles. The van der Waals surface area contributed by atoms with E-state index in [4.69, 9.17) is 10.5 Å². The fourth-order valence-corrected chi connectivity index (χ4v) is 2.96. The van der Waals surface area contributed by atoms with Gasteiger partial charge >= 0.3 is 0 Å². The first-order chi connectivity index (χ1) is 11.2. The molecule has 0 radical (unpaired) electrons. The van der Waals surface area contributed by atoms with Crippen LogP contribution in [0.25, 0.3) is 11.2 Å². The summed E-state index contributed by atoms with van der Waals surface area (Å²) in [5, 5.41) is 20.2. The number of nitrogens with two attached hydrogens (primary N) is 1. The van der Waals surface area contributed by atoms with Crippen LogP contribution in [0, 0.1) is 0 Å². The van der Waals surface area contributed by atoms with Crippen LogP contribution in [0.5, 0.6) is 0 Å². The Balaban J connectivity index is 1.91. The van der Waals surface area contributed by atoms with Crippen molar-refractivity contribution in [1.82, 2.24) is 24.2 Å². The van der Waals surface area contributed by atoms with Crippen LogP contribution >= 0.6 is 0 Å². The number of aromatic nitrogens is 4.